The van der Waals surface area contributed by atoms with Crippen molar-refractivity contribution in [3.8, 4) is 5.75 Å². The van der Waals surface area contributed by atoms with Crippen molar-refractivity contribution in [3.05, 3.63) is 29.8 Å². The second-order valence-electron chi connectivity index (χ2n) is 6.66. The maximum atomic E-state index is 12.3. The van der Waals surface area contributed by atoms with Crippen LogP contribution in [0.4, 0.5) is 4.79 Å². The molecule has 1 aliphatic heterocycles. The fourth-order valence-electron chi connectivity index (χ4n) is 3.00. The molecule has 126 valence electrons. The molecular weight excluding hydrogens is 296 g/mol. The highest BCUT2D eigenvalue weighted by molar-refractivity contribution is 5.77. The predicted octanol–water partition coefficient (Wildman–Crippen LogP) is 2.22. The Bertz CT molecular complexity index is 586. The van der Waals surface area contributed by atoms with Gasteiger partial charge in [-0.15, -0.1) is 0 Å². The van der Waals surface area contributed by atoms with Crippen LogP contribution in [0.3, 0.4) is 0 Å². The van der Waals surface area contributed by atoms with E-state index in [1.165, 1.54) is 6.07 Å². The lowest BCUT2D eigenvalue weighted by Crippen LogP contribution is -2.49. The second-order valence-corrected chi connectivity index (χ2v) is 6.66. The number of likely N-dealkylation sites (tertiary alicyclic amines) is 1. The molecule has 1 aliphatic rings. The minimum absolute atomic E-state index is 0.0659. The van der Waals surface area contributed by atoms with E-state index in [9.17, 15) is 19.8 Å². The van der Waals surface area contributed by atoms with Gasteiger partial charge >= 0.3 is 12.0 Å². The van der Waals surface area contributed by atoms with Gasteiger partial charge in [0.2, 0.25) is 0 Å². The molecule has 1 fully saturated rings. The molecule has 0 radical (unpaired) electrons. The van der Waals surface area contributed by atoms with Crippen molar-refractivity contribution >= 4 is 12.0 Å². The summed E-state index contributed by atoms with van der Waals surface area (Å²) in [5, 5.41) is 21.6. The van der Waals surface area contributed by atoms with Crippen LogP contribution in [-0.4, -0.2) is 45.7 Å². The number of phenols is 1. The van der Waals surface area contributed by atoms with E-state index in [0.717, 1.165) is 18.4 Å². The lowest BCUT2D eigenvalue weighted by atomic mass is 9.99. The molecule has 3 N–H and O–H groups in total. The van der Waals surface area contributed by atoms with Gasteiger partial charge in [0.15, 0.2) is 0 Å². The van der Waals surface area contributed by atoms with Gasteiger partial charge in [0.25, 0.3) is 0 Å². The minimum Gasteiger partial charge on any atom is -0.508 e. The molecule has 0 aliphatic carbocycles. The number of aliphatic carboxylic acids is 1. The lowest BCUT2D eigenvalue weighted by molar-refractivity contribution is -0.141. The lowest BCUT2D eigenvalue weighted by Gasteiger charge is -2.32. The van der Waals surface area contributed by atoms with E-state index < -0.39 is 11.9 Å². The fourth-order valence-corrected chi connectivity index (χ4v) is 3.00. The van der Waals surface area contributed by atoms with Crippen molar-refractivity contribution in [3.63, 3.8) is 0 Å². The number of nitrogens with one attached hydrogen (secondary N) is 1. The first-order valence-electron chi connectivity index (χ1n) is 7.86. The summed E-state index contributed by atoms with van der Waals surface area (Å²) in [5.74, 6) is -1.59. The molecule has 1 heterocycles. The molecule has 23 heavy (non-hydrogen) atoms. The minimum atomic E-state index is -0.964. The maximum Gasteiger partial charge on any atom is 0.317 e. The van der Waals surface area contributed by atoms with Gasteiger partial charge in [-0.2, -0.15) is 0 Å². The number of urea groups is 1. The molecule has 1 saturated heterocycles. The van der Waals surface area contributed by atoms with Crippen LogP contribution in [0.2, 0.25) is 0 Å². The van der Waals surface area contributed by atoms with Crippen molar-refractivity contribution in [2.24, 2.45) is 5.92 Å². The van der Waals surface area contributed by atoms with Crippen LogP contribution in [0.1, 0.15) is 32.3 Å². The molecule has 6 heteroatoms. The third-order valence-corrected chi connectivity index (χ3v) is 4.39. The normalized spacial score (nSPS) is 17.7. The van der Waals surface area contributed by atoms with Crippen LogP contribution in [-0.2, 0) is 11.2 Å². The quantitative estimate of drug-likeness (QED) is 0.776. The van der Waals surface area contributed by atoms with Crippen molar-refractivity contribution in [2.75, 3.05) is 13.1 Å². The molecule has 2 amide bonds. The molecule has 2 rings (SSSR count). The SMILES string of the molecule is CC1(C)CCCN1C(=O)NCC(Cc1cccc(O)c1)C(=O)O. The molecule has 1 aromatic rings. The van der Waals surface area contributed by atoms with Gasteiger partial charge < -0.3 is 20.4 Å². The van der Waals surface area contributed by atoms with Crippen LogP contribution < -0.4 is 5.32 Å². The number of hydrogen-bond donors (Lipinski definition) is 3. The highest BCUT2D eigenvalue weighted by Crippen LogP contribution is 2.28. The average Bonchev–Trinajstić information content (AvgIpc) is 2.82. The average molecular weight is 320 g/mol. The first-order chi connectivity index (χ1) is 10.8. The Morgan fingerprint density at radius 2 is 2.13 bits per heavy atom. The summed E-state index contributed by atoms with van der Waals surface area (Å²) < 4.78 is 0. The van der Waals surface area contributed by atoms with E-state index in [2.05, 4.69) is 5.32 Å². The molecule has 0 bridgehead atoms. The van der Waals surface area contributed by atoms with Gasteiger partial charge in [0, 0.05) is 18.6 Å². The van der Waals surface area contributed by atoms with Crippen LogP contribution in [0.5, 0.6) is 5.75 Å². The van der Waals surface area contributed by atoms with Crippen molar-refractivity contribution in [1.82, 2.24) is 10.2 Å². The summed E-state index contributed by atoms with van der Waals surface area (Å²) in [6, 6.07) is 6.31. The number of aromatic hydroxyl groups is 1. The van der Waals surface area contributed by atoms with E-state index in [1.807, 2.05) is 13.8 Å². The number of carbonyl (C=O) groups excluding carboxylic acids is 1. The Morgan fingerprint density at radius 1 is 1.39 bits per heavy atom. The molecule has 1 atom stereocenters. The van der Waals surface area contributed by atoms with Gasteiger partial charge in [-0.1, -0.05) is 12.1 Å². The van der Waals surface area contributed by atoms with Gasteiger partial charge in [-0.25, -0.2) is 4.79 Å². The highest BCUT2D eigenvalue weighted by atomic mass is 16.4. The van der Waals surface area contributed by atoms with Gasteiger partial charge in [0.05, 0.1) is 5.92 Å². The number of phenolic OH excluding ortho intramolecular Hbond substituents is 1. The Kier molecular flexibility index (Phi) is 5.13. The zero-order chi connectivity index (χ0) is 17.0. The molecule has 0 saturated carbocycles. The Morgan fingerprint density at radius 3 is 2.70 bits per heavy atom. The topological polar surface area (TPSA) is 89.9 Å². The van der Waals surface area contributed by atoms with Crippen LogP contribution >= 0.6 is 0 Å². The summed E-state index contributed by atoms with van der Waals surface area (Å²) in [5.41, 5.74) is 0.543. The molecule has 1 unspecified atom stereocenters. The Hall–Kier alpha value is -2.24. The first kappa shape index (κ1) is 17.1. The number of carbonyl (C=O) groups is 2. The largest absolute Gasteiger partial charge is 0.508 e. The summed E-state index contributed by atoms with van der Waals surface area (Å²) in [6.07, 6.45) is 2.17. The fraction of sp³-hybridized carbons (Fsp3) is 0.529. The number of rotatable bonds is 5. The highest BCUT2D eigenvalue weighted by Gasteiger charge is 2.35. The number of amides is 2. The summed E-state index contributed by atoms with van der Waals surface area (Å²) in [6.45, 7) is 4.79. The van der Waals surface area contributed by atoms with E-state index in [4.69, 9.17) is 0 Å². The van der Waals surface area contributed by atoms with Gasteiger partial charge in [0.1, 0.15) is 5.75 Å². The van der Waals surface area contributed by atoms with Crippen LogP contribution in [0, 0.1) is 5.92 Å². The number of hydrogen-bond acceptors (Lipinski definition) is 3. The van der Waals surface area contributed by atoms with E-state index >= 15 is 0 Å². The summed E-state index contributed by atoms with van der Waals surface area (Å²) in [4.78, 5) is 25.5. The first-order valence-corrected chi connectivity index (χ1v) is 7.86. The summed E-state index contributed by atoms with van der Waals surface area (Å²) >= 11 is 0. The van der Waals surface area contributed by atoms with Crippen LogP contribution in [0.15, 0.2) is 24.3 Å². The second kappa shape index (κ2) is 6.89. The third-order valence-electron chi connectivity index (χ3n) is 4.39. The van der Waals surface area contributed by atoms with Gasteiger partial charge in [-0.3, -0.25) is 4.79 Å². The third kappa shape index (κ3) is 4.37. The van der Waals surface area contributed by atoms with Crippen molar-refractivity contribution < 1.29 is 19.8 Å². The van der Waals surface area contributed by atoms with Crippen LogP contribution in [0.25, 0.3) is 0 Å². The zero-order valence-electron chi connectivity index (χ0n) is 13.6. The number of carboxylic acid groups (broad SMARTS) is 1. The maximum absolute atomic E-state index is 12.3. The van der Waals surface area contributed by atoms with E-state index in [1.54, 1.807) is 23.1 Å². The Labute approximate surface area is 136 Å². The van der Waals surface area contributed by atoms with Crippen molar-refractivity contribution in [2.45, 2.75) is 38.6 Å². The standard InChI is InChI=1S/C17H24N2O4/c1-17(2)7-4-8-19(17)16(23)18-11-13(15(21)22)9-12-5-3-6-14(20)10-12/h3,5-6,10,13,20H,4,7-9,11H2,1-2H3,(H,18,23)(H,21,22). The molecule has 6 nitrogen and oxygen atoms in total. The molecule has 1 aromatic carbocycles. The number of carboxylic acids is 1. The van der Waals surface area contributed by atoms with Crippen molar-refractivity contribution in [1.29, 1.82) is 0 Å². The Balaban J connectivity index is 1.95. The molecular formula is C17H24N2O4. The monoisotopic (exact) mass is 320 g/mol. The predicted molar refractivity (Wildman–Crippen MR) is 86.4 cm³/mol. The molecule has 0 aromatic heterocycles. The summed E-state index contributed by atoms with van der Waals surface area (Å²) in [7, 11) is 0. The zero-order valence-corrected chi connectivity index (χ0v) is 13.6. The number of nitrogens with zero attached hydrogens (tertiary/aromatic N) is 1. The van der Waals surface area contributed by atoms with E-state index in [0.29, 0.717) is 6.54 Å². The smallest absolute Gasteiger partial charge is 0.317 e. The molecule has 0 spiro atoms. The van der Waals surface area contributed by atoms with E-state index in [-0.39, 0.29) is 30.3 Å². The van der Waals surface area contributed by atoms with Gasteiger partial charge in [-0.05, 0) is 50.8 Å². The number of benzene rings is 1.